The van der Waals surface area contributed by atoms with Gasteiger partial charge < -0.3 is 15.0 Å². The summed E-state index contributed by atoms with van der Waals surface area (Å²) in [5.41, 5.74) is -1.14. The lowest BCUT2D eigenvalue weighted by Gasteiger charge is -2.31. The number of nitrogens with one attached hydrogen (secondary N) is 2. The molecule has 1 aromatic carbocycles. The summed E-state index contributed by atoms with van der Waals surface area (Å²) in [4.78, 5) is 13.9. The van der Waals surface area contributed by atoms with Crippen LogP contribution in [0.4, 0.5) is 18.9 Å². The Labute approximate surface area is 124 Å². The van der Waals surface area contributed by atoms with Crippen molar-refractivity contribution in [1.29, 1.82) is 0 Å². The molecule has 7 heteroatoms. The summed E-state index contributed by atoms with van der Waals surface area (Å²) in [7, 11) is 0. The average Bonchev–Trinajstić information content (AvgIpc) is 2.44. The minimum atomic E-state index is -4.63. The number of aromatic amines is 1. The third-order valence-corrected chi connectivity index (χ3v) is 3.82. The number of alkyl halides is 3. The van der Waals surface area contributed by atoms with E-state index in [9.17, 15) is 18.0 Å². The van der Waals surface area contributed by atoms with Gasteiger partial charge in [-0.3, -0.25) is 4.79 Å². The van der Waals surface area contributed by atoms with Crippen molar-refractivity contribution in [3.63, 3.8) is 0 Å². The number of hydrogen-bond acceptors (Lipinski definition) is 3. The van der Waals surface area contributed by atoms with Crippen LogP contribution < -0.4 is 15.6 Å². The fourth-order valence-electron chi connectivity index (χ4n) is 2.59. The highest BCUT2D eigenvalue weighted by Crippen LogP contribution is 2.43. The van der Waals surface area contributed by atoms with Crippen molar-refractivity contribution >= 4 is 16.6 Å². The number of benzene rings is 1. The predicted molar refractivity (Wildman–Crippen MR) is 77.3 cm³/mol. The summed E-state index contributed by atoms with van der Waals surface area (Å²) in [5.74, 6) is 0.416. The van der Waals surface area contributed by atoms with E-state index in [1.165, 1.54) is 6.07 Å². The lowest BCUT2D eigenvalue weighted by atomic mass is 10.0. The Hall–Kier alpha value is -2.18. The number of hydrogen-bond donors (Lipinski definition) is 2. The van der Waals surface area contributed by atoms with Crippen LogP contribution in [-0.4, -0.2) is 17.6 Å². The van der Waals surface area contributed by atoms with Gasteiger partial charge in [0.25, 0.3) is 0 Å². The maximum Gasteiger partial charge on any atom is 0.417 e. The molecule has 0 saturated heterocycles. The van der Waals surface area contributed by atoms with Crippen molar-refractivity contribution in [3.8, 4) is 5.75 Å². The maximum absolute atomic E-state index is 13.2. The van der Waals surface area contributed by atoms with Crippen LogP contribution in [0.15, 0.2) is 23.0 Å². The quantitative estimate of drug-likeness (QED) is 0.849. The fraction of sp³-hybridized carbons (Fsp3) is 0.400. The van der Waals surface area contributed by atoms with Crippen LogP contribution in [0.1, 0.15) is 19.4 Å². The maximum atomic E-state index is 13.2. The molecule has 2 aromatic rings. The van der Waals surface area contributed by atoms with Gasteiger partial charge in [-0.25, -0.2) is 0 Å². The van der Waals surface area contributed by atoms with Gasteiger partial charge in [0.1, 0.15) is 6.61 Å². The van der Waals surface area contributed by atoms with E-state index in [1.807, 2.05) is 13.8 Å². The molecule has 118 valence electrons. The average molecular weight is 312 g/mol. The third kappa shape index (κ3) is 2.40. The van der Waals surface area contributed by atoms with E-state index in [0.717, 1.165) is 0 Å². The molecule has 2 heterocycles. The number of rotatable bonds is 1. The molecule has 2 N–H and O–H groups in total. The molecule has 0 bridgehead atoms. The Kier molecular flexibility index (Phi) is 3.30. The lowest BCUT2D eigenvalue weighted by molar-refractivity contribution is -0.136. The molecule has 4 nitrogen and oxygen atoms in total. The van der Waals surface area contributed by atoms with Gasteiger partial charge in [-0.05, 0) is 18.1 Å². The number of aromatic nitrogens is 1. The highest BCUT2D eigenvalue weighted by molar-refractivity contribution is 5.94. The molecule has 0 radical (unpaired) electrons. The molecule has 1 aliphatic heterocycles. The van der Waals surface area contributed by atoms with Crippen molar-refractivity contribution in [2.45, 2.75) is 26.1 Å². The molecular weight excluding hydrogens is 297 g/mol. The van der Waals surface area contributed by atoms with E-state index in [0.29, 0.717) is 11.8 Å². The number of halogens is 3. The highest BCUT2D eigenvalue weighted by atomic mass is 19.4. The van der Waals surface area contributed by atoms with E-state index >= 15 is 0 Å². The van der Waals surface area contributed by atoms with Crippen LogP contribution in [0.3, 0.4) is 0 Å². The number of H-pyrrole nitrogens is 1. The van der Waals surface area contributed by atoms with Gasteiger partial charge in [-0.1, -0.05) is 13.8 Å². The molecule has 0 aliphatic carbocycles. The summed E-state index contributed by atoms with van der Waals surface area (Å²) in [6.45, 7) is 4.29. The zero-order chi connectivity index (χ0) is 16.1. The van der Waals surface area contributed by atoms with Crippen LogP contribution in [0.25, 0.3) is 10.9 Å². The van der Waals surface area contributed by atoms with E-state index in [2.05, 4.69) is 10.3 Å². The van der Waals surface area contributed by atoms with E-state index in [4.69, 9.17) is 4.74 Å². The van der Waals surface area contributed by atoms with Crippen molar-refractivity contribution in [3.05, 3.63) is 34.1 Å². The summed E-state index contributed by atoms with van der Waals surface area (Å²) in [6.07, 6.45) is -4.63. The number of pyridine rings is 1. The first-order valence-corrected chi connectivity index (χ1v) is 6.94. The minimum Gasteiger partial charge on any atom is -0.489 e. The molecule has 1 unspecified atom stereocenters. The van der Waals surface area contributed by atoms with Crippen molar-refractivity contribution < 1.29 is 17.9 Å². The topological polar surface area (TPSA) is 54.1 Å². The van der Waals surface area contributed by atoms with Gasteiger partial charge >= 0.3 is 6.18 Å². The van der Waals surface area contributed by atoms with Crippen LogP contribution in [0.5, 0.6) is 5.75 Å². The number of ether oxygens (including phenoxy) is 1. The zero-order valence-corrected chi connectivity index (χ0v) is 12.0. The second-order valence-corrected chi connectivity index (χ2v) is 5.72. The normalized spacial score (nSPS) is 18.0. The van der Waals surface area contributed by atoms with Crippen LogP contribution in [0.2, 0.25) is 0 Å². The fourth-order valence-corrected chi connectivity index (χ4v) is 2.59. The molecule has 3 rings (SSSR count). The van der Waals surface area contributed by atoms with Gasteiger partial charge in [-0.2, -0.15) is 13.2 Å². The van der Waals surface area contributed by atoms with Crippen molar-refractivity contribution in [2.24, 2.45) is 5.92 Å². The van der Waals surface area contributed by atoms with Crippen LogP contribution in [-0.2, 0) is 6.18 Å². The van der Waals surface area contributed by atoms with Crippen LogP contribution in [0, 0.1) is 5.92 Å². The summed E-state index contributed by atoms with van der Waals surface area (Å²) < 4.78 is 45.3. The molecule has 1 aliphatic rings. The van der Waals surface area contributed by atoms with Gasteiger partial charge in [0.05, 0.1) is 28.2 Å². The van der Waals surface area contributed by atoms with Crippen molar-refractivity contribution in [1.82, 2.24) is 4.98 Å². The number of fused-ring (bicyclic) bond motifs is 3. The first-order valence-electron chi connectivity index (χ1n) is 6.94. The molecular formula is C15H15F3N2O2. The zero-order valence-electron chi connectivity index (χ0n) is 12.0. The summed E-state index contributed by atoms with van der Waals surface area (Å²) in [5, 5.41) is 3.09. The summed E-state index contributed by atoms with van der Waals surface area (Å²) in [6, 6.07) is 3.69. The lowest BCUT2D eigenvalue weighted by Crippen LogP contribution is -2.35. The van der Waals surface area contributed by atoms with Crippen LogP contribution >= 0.6 is 0 Å². The van der Waals surface area contributed by atoms with E-state index in [1.54, 1.807) is 6.07 Å². The van der Waals surface area contributed by atoms with Gasteiger partial charge in [0, 0.05) is 6.07 Å². The Balaban J connectivity index is 2.26. The van der Waals surface area contributed by atoms with E-state index < -0.39 is 17.3 Å². The molecule has 0 spiro atoms. The van der Waals surface area contributed by atoms with Gasteiger partial charge in [0.15, 0.2) is 5.75 Å². The standard InChI is InChI=1S/C15H15F3N2O2/c1-7(2)11-6-22-14-10(19-11)4-3-9-13(14)8(15(16,17)18)5-12(21)20-9/h3-5,7,11,19H,6H2,1-2H3,(H,20,21). The molecule has 22 heavy (non-hydrogen) atoms. The second kappa shape index (κ2) is 4.93. The Morgan fingerprint density at radius 3 is 2.68 bits per heavy atom. The Morgan fingerprint density at radius 1 is 1.32 bits per heavy atom. The highest BCUT2D eigenvalue weighted by Gasteiger charge is 2.36. The molecule has 1 atom stereocenters. The largest absolute Gasteiger partial charge is 0.489 e. The second-order valence-electron chi connectivity index (χ2n) is 5.72. The number of anilines is 1. The Bertz CT molecular complexity index is 781. The van der Waals surface area contributed by atoms with E-state index in [-0.39, 0.29) is 35.2 Å². The molecule has 1 aromatic heterocycles. The van der Waals surface area contributed by atoms with Crippen molar-refractivity contribution in [2.75, 3.05) is 11.9 Å². The monoisotopic (exact) mass is 312 g/mol. The van der Waals surface area contributed by atoms with Gasteiger partial charge in [-0.15, -0.1) is 0 Å². The molecule has 0 saturated carbocycles. The summed E-state index contributed by atoms with van der Waals surface area (Å²) >= 11 is 0. The van der Waals surface area contributed by atoms with Gasteiger partial charge in [0.2, 0.25) is 5.56 Å². The smallest absolute Gasteiger partial charge is 0.417 e. The predicted octanol–water partition coefficient (Wildman–Crippen LogP) is 3.38. The Morgan fingerprint density at radius 2 is 2.05 bits per heavy atom. The first-order chi connectivity index (χ1) is 10.3. The minimum absolute atomic E-state index is 0.0297. The molecule has 0 fully saturated rings. The first kappa shape index (κ1) is 14.7. The molecule has 0 amide bonds. The third-order valence-electron chi connectivity index (χ3n) is 3.82. The SMILES string of the molecule is CC(C)C1COc2c(ccc3[nH]c(=O)cc(C(F)(F)F)c23)N1.